The fraction of sp³-hybridized carbons (Fsp3) is 0.250. The molecule has 0 saturated heterocycles. The predicted molar refractivity (Wildman–Crippen MR) is 65.3 cm³/mol. The number of ether oxygens (including phenoxy) is 2. The summed E-state index contributed by atoms with van der Waals surface area (Å²) in [5, 5.41) is 10.9. The first kappa shape index (κ1) is 11.5. The maximum atomic E-state index is 10.9. The van der Waals surface area contributed by atoms with Crippen LogP contribution in [0.5, 0.6) is 11.5 Å². The molecule has 0 radical (unpaired) electrons. The van der Waals surface area contributed by atoms with Gasteiger partial charge in [-0.25, -0.2) is 9.55 Å². The second-order valence-electron chi connectivity index (χ2n) is 4.19. The molecule has 0 amide bonds. The molecule has 0 bridgehead atoms. The van der Waals surface area contributed by atoms with Gasteiger partial charge in [0.2, 0.25) is 6.79 Å². The number of aryl methyl sites for hydroxylation is 1. The van der Waals surface area contributed by atoms with Gasteiger partial charge in [0.15, 0.2) is 17.3 Å². The zero-order chi connectivity index (χ0) is 13.4. The molecule has 7 nitrogen and oxygen atoms in total. The Labute approximate surface area is 108 Å². The van der Waals surface area contributed by atoms with Gasteiger partial charge < -0.3 is 19.6 Å². The van der Waals surface area contributed by atoms with Crippen molar-refractivity contribution in [3.05, 3.63) is 45.9 Å². The summed E-state index contributed by atoms with van der Waals surface area (Å²) < 4.78 is 12.1. The number of imidazole rings is 1. The van der Waals surface area contributed by atoms with E-state index in [2.05, 4.69) is 4.98 Å². The lowest BCUT2D eigenvalue weighted by Gasteiger charge is -2.04. The van der Waals surface area contributed by atoms with Crippen molar-refractivity contribution in [1.29, 1.82) is 0 Å². The summed E-state index contributed by atoms with van der Waals surface area (Å²) in [6, 6.07) is 5.48. The van der Waals surface area contributed by atoms with Crippen LogP contribution in [0.1, 0.15) is 11.4 Å². The van der Waals surface area contributed by atoms with Gasteiger partial charge in [-0.05, 0) is 22.6 Å². The van der Waals surface area contributed by atoms with Gasteiger partial charge >= 0.3 is 5.82 Å². The number of hydrogen-bond acceptors (Lipinski definition) is 5. The minimum atomic E-state index is -0.438. The van der Waals surface area contributed by atoms with Crippen molar-refractivity contribution in [3.8, 4) is 11.5 Å². The van der Waals surface area contributed by atoms with E-state index in [0.717, 1.165) is 5.56 Å². The van der Waals surface area contributed by atoms with E-state index in [1.54, 1.807) is 17.6 Å². The molecular formula is C12H11N3O4. The molecule has 1 aliphatic rings. The van der Waals surface area contributed by atoms with Crippen LogP contribution < -0.4 is 9.47 Å². The zero-order valence-electron chi connectivity index (χ0n) is 10.2. The van der Waals surface area contributed by atoms with Crippen molar-refractivity contribution in [2.24, 2.45) is 0 Å². The number of nitrogens with zero attached hydrogens (tertiary/aromatic N) is 3. The Bertz CT molecular complexity index is 650. The number of nitro groups is 1. The van der Waals surface area contributed by atoms with Gasteiger partial charge in [-0.1, -0.05) is 6.07 Å². The lowest BCUT2D eigenvalue weighted by Crippen LogP contribution is -2.06. The third-order valence-electron chi connectivity index (χ3n) is 3.00. The molecule has 1 aliphatic heterocycles. The molecule has 0 aliphatic carbocycles. The van der Waals surface area contributed by atoms with Gasteiger partial charge in [-0.2, -0.15) is 0 Å². The molecule has 0 fully saturated rings. The summed E-state index contributed by atoms with van der Waals surface area (Å²) in [4.78, 5) is 14.4. The summed E-state index contributed by atoms with van der Waals surface area (Å²) in [5.74, 6) is 1.94. The largest absolute Gasteiger partial charge is 0.454 e. The Balaban J connectivity index is 1.93. The molecule has 1 aromatic heterocycles. The van der Waals surface area contributed by atoms with Gasteiger partial charge in [0.1, 0.15) is 12.7 Å². The number of hydrogen-bond donors (Lipinski definition) is 0. The number of fused-ring (bicyclic) bond motifs is 1. The molecule has 0 atom stereocenters. The van der Waals surface area contributed by atoms with Crippen molar-refractivity contribution < 1.29 is 14.4 Å². The van der Waals surface area contributed by atoms with Gasteiger partial charge in [0.05, 0.1) is 0 Å². The fourth-order valence-electron chi connectivity index (χ4n) is 2.02. The van der Waals surface area contributed by atoms with E-state index >= 15 is 0 Å². The third-order valence-corrected chi connectivity index (χ3v) is 3.00. The van der Waals surface area contributed by atoms with E-state index in [0.29, 0.717) is 23.9 Å². The maximum absolute atomic E-state index is 10.9. The smallest absolute Gasteiger partial charge is 0.343 e. The van der Waals surface area contributed by atoms with E-state index in [1.165, 1.54) is 6.20 Å². The van der Waals surface area contributed by atoms with E-state index < -0.39 is 4.92 Å². The maximum Gasteiger partial charge on any atom is 0.343 e. The molecule has 7 heteroatoms. The van der Waals surface area contributed by atoms with E-state index in [-0.39, 0.29) is 12.6 Å². The molecule has 0 unspecified atom stereocenters. The number of aromatic nitrogens is 2. The molecule has 3 rings (SSSR count). The van der Waals surface area contributed by atoms with Gasteiger partial charge in [0.25, 0.3) is 0 Å². The molecule has 0 N–H and O–H groups in total. The van der Waals surface area contributed by atoms with E-state index in [9.17, 15) is 10.1 Å². The lowest BCUT2D eigenvalue weighted by atomic mass is 10.2. The first-order valence-electron chi connectivity index (χ1n) is 5.70. The predicted octanol–water partition coefficient (Wildman–Crippen LogP) is 1.88. The fourth-order valence-corrected chi connectivity index (χ4v) is 2.02. The second-order valence-corrected chi connectivity index (χ2v) is 4.19. The minimum absolute atomic E-state index is 0.0184. The molecule has 2 aromatic rings. The molecule has 19 heavy (non-hydrogen) atoms. The Morgan fingerprint density at radius 1 is 1.42 bits per heavy atom. The van der Waals surface area contributed by atoms with Crippen LogP contribution in [-0.4, -0.2) is 21.3 Å². The Morgan fingerprint density at radius 2 is 2.21 bits per heavy atom. The molecule has 0 saturated carbocycles. The van der Waals surface area contributed by atoms with Crippen LogP contribution in [0.15, 0.2) is 24.4 Å². The summed E-state index contributed by atoms with van der Waals surface area (Å²) in [6.07, 6.45) is 1.27. The number of benzene rings is 1. The van der Waals surface area contributed by atoms with Crippen LogP contribution in [0.2, 0.25) is 0 Å². The van der Waals surface area contributed by atoms with Crippen LogP contribution in [0.25, 0.3) is 0 Å². The Kier molecular flexibility index (Phi) is 2.59. The quantitative estimate of drug-likeness (QED) is 0.622. The van der Waals surface area contributed by atoms with E-state index in [1.807, 2.05) is 12.1 Å². The van der Waals surface area contributed by atoms with Crippen molar-refractivity contribution in [2.75, 3.05) is 6.79 Å². The van der Waals surface area contributed by atoms with Crippen LogP contribution in [0, 0.1) is 17.0 Å². The van der Waals surface area contributed by atoms with Crippen molar-refractivity contribution >= 4 is 5.82 Å². The highest BCUT2D eigenvalue weighted by Crippen LogP contribution is 2.33. The van der Waals surface area contributed by atoms with Crippen LogP contribution >= 0.6 is 0 Å². The van der Waals surface area contributed by atoms with Gasteiger partial charge in [-0.15, -0.1) is 0 Å². The summed E-state index contributed by atoms with van der Waals surface area (Å²) in [6.45, 7) is 2.32. The molecule has 1 aromatic carbocycles. The zero-order valence-corrected chi connectivity index (χ0v) is 10.2. The third kappa shape index (κ3) is 1.99. The first-order chi connectivity index (χ1) is 9.15. The minimum Gasteiger partial charge on any atom is -0.454 e. The normalized spacial score (nSPS) is 12.7. The summed E-state index contributed by atoms with van der Waals surface area (Å²) in [5.41, 5.74) is 0.897. The van der Waals surface area contributed by atoms with Gasteiger partial charge in [-0.3, -0.25) is 0 Å². The highest BCUT2D eigenvalue weighted by Gasteiger charge is 2.19. The Morgan fingerprint density at radius 3 is 3.00 bits per heavy atom. The summed E-state index contributed by atoms with van der Waals surface area (Å²) in [7, 11) is 0. The molecule has 98 valence electrons. The summed E-state index contributed by atoms with van der Waals surface area (Å²) >= 11 is 0. The van der Waals surface area contributed by atoms with Crippen molar-refractivity contribution in [1.82, 2.24) is 9.55 Å². The van der Waals surface area contributed by atoms with Gasteiger partial charge in [0, 0.05) is 6.92 Å². The standard InChI is InChI=1S/C12H11N3O4/c1-8-13-5-12(15(16)17)14(8)6-9-2-3-10-11(4-9)19-7-18-10/h2-5H,6-7H2,1H3. The average molecular weight is 261 g/mol. The average Bonchev–Trinajstić information content (AvgIpc) is 2.97. The van der Waals surface area contributed by atoms with Crippen LogP contribution in [0.3, 0.4) is 0 Å². The molecule has 0 spiro atoms. The topological polar surface area (TPSA) is 79.4 Å². The van der Waals surface area contributed by atoms with Crippen molar-refractivity contribution in [3.63, 3.8) is 0 Å². The van der Waals surface area contributed by atoms with Crippen LogP contribution in [0.4, 0.5) is 5.82 Å². The highest BCUT2D eigenvalue weighted by molar-refractivity contribution is 5.44. The first-order valence-corrected chi connectivity index (χ1v) is 5.70. The van der Waals surface area contributed by atoms with Crippen molar-refractivity contribution in [2.45, 2.75) is 13.5 Å². The SMILES string of the molecule is Cc1ncc([N+](=O)[O-])n1Cc1ccc2c(c1)OCO2. The lowest BCUT2D eigenvalue weighted by molar-refractivity contribution is -0.392. The number of rotatable bonds is 3. The molecule has 2 heterocycles. The second kappa shape index (κ2) is 4.27. The highest BCUT2D eigenvalue weighted by atomic mass is 16.7. The van der Waals surface area contributed by atoms with E-state index in [4.69, 9.17) is 9.47 Å². The van der Waals surface area contributed by atoms with Crippen LogP contribution in [-0.2, 0) is 6.54 Å². The monoisotopic (exact) mass is 261 g/mol. The molecular weight excluding hydrogens is 250 g/mol. The Hall–Kier alpha value is -2.57.